The highest BCUT2D eigenvalue weighted by atomic mass is 32.2. The lowest BCUT2D eigenvalue weighted by Gasteiger charge is -2.12. The molecule has 0 aliphatic rings. The first-order valence-electron chi connectivity index (χ1n) is 9.20. The Hall–Kier alpha value is -3.65. The van der Waals surface area contributed by atoms with Gasteiger partial charge in [0.05, 0.1) is 15.9 Å². The maximum Gasteiger partial charge on any atom is 0.314 e. The number of nitrogens with one attached hydrogen (secondary N) is 3. The number of hydrogen-bond donors (Lipinski definition) is 3. The third-order valence-corrected chi connectivity index (χ3v) is 6.32. The highest BCUT2D eigenvalue weighted by Crippen LogP contribution is 2.25. The van der Waals surface area contributed by atoms with E-state index in [0.29, 0.717) is 16.8 Å². The van der Waals surface area contributed by atoms with E-state index in [-0.39, 0.29) is 10.4 Å². The summed E-state index contributed by atoms with van der Waals surface area (Å²) in [4.78, 5) is 27.9. The van der Waals surface area contributed by atoms with Crippen molar-refractivity contribution in [2.45, 2.75) is 18.7 Å². The number of H-pyrrole nitrogens is 2. The van der Waals surface area contributed by atoms with Crippen molar-refractivity contribution in [3.63, 3.8) is 0 Å². The smallest absolute Gasteiger partial charge is 0.314 e. The lowest BCUT2D eigenvalue weighted by atomic mass is 10.0. The van der Waals surface area contributed by atoms with Crippen LogP contribution >= 0.6 is 0 Å². The minimum absolute atomic E-state index is 0.0143. The van der Waals surface area contributed by atoms with Gasteiger partial charge in [0.1, 0.15) is 0 Å². The van der Waals surface area contributed by atoms with Crippen molar-refractivity contribution in [2.24, 2.45) is 0 Å². The van der Waals surface area contributed by atoms with Gasteiger partial charge in [-0.1, -0.05) is 42.0 Å². The highest BCUT2D eigenvalue weighted by molar-refractivity contribution is 7.92. The molecular weight excluding hydrogens is 402 g/mol. The summed E-state index contributed by atoms with van der Waals surface area (Å²) in [5, 5.41) is 0. The average molecular weight is 421 g/mol. The van der Waals surface area contributed by atoms with Gasteiger partial charge >= 0.3 is 11.1 Å². The summed E-state index contributed by atoms with van der Waals surface area (Å²) in [5.41, 5.74) is 2.99. The van der Waals surface area contributed by atoms with Crippen LogP contribution in [0.2, 0.25) is 0 Å². The van der Waals surface area contributed by atoms with E-state index in [1.165, 1.54) is 12.1 Å². The molecule has 152 valence electrons. The summed E-state index contributed by atoms with van der Waals surface area (Å²) >= 11 is 0. The first kappa shape index (κ1) is 19.7. The van der Waals surface area contributed by atoms with Gasteiger partial charge in [-0.2, -0.15) is 0 Å². The van der Waals surface area contributed by atoms with E-state index in [1.54, 1.807) is 19.1 Å². The fraction of sp³-hybridized carbons (Fsp3) is 0.0909. The molecule has 1 heterocycles. The molecule has 7 nitrogen and oxygen atoms in total. The van der Waals surface area contributed by atoms with Gasteiger partial charge in [0.25, 0.3) is 10.0 Å². The molecule has 1 aromatic heterocycles. The Labute approximate surface area is 172 Å². The van der Waals surface area contributed by atoms with E-state index >= 15 is 0 Å². The molecule has 0 saturated heterocycles. The number of fused-ring (bicyclic) bond motifs is 1. The Morgan fingerprint density at radius 1 is 0.767 bits per heavy atom. The van der Waals surface area contributed by atoms with Gasteiger partial charge in [0.2, 0.25) is 0 Å². The minimum Gasteiger partial charge on any atom is -0.316 e. The molecule has 0 atom stereocenters. The average Bonchev–Trinajstić information content (AvgIpc) is 2.69. The Kier molecular flexibility index (Phi) is 4.79. The fourth-order valence-corrected chi connectivity index (χ4v) is 4.62. The van der Waals surface area contributed by atoms with Crippen LogP contribution in [-0.4, -0.2) is 18.4 Å². The fourth-order valence-electron chi connectivity index (χ4n) is 3.31. The topological polar surface area (TPSA) is 112 Å². The van der Waals surface area contributed by atoms with E-state index in [9.17, 15) is 18.0 Å². The third-order valence-electron chi connectivity index (χ3n) is 4.80. The molecule has 0 spiro atoms. The molecule has 4 aromatic rings. The second-order valence-corrected chi connectivity index (χ2v) is 8.77. The number of aromatic amines is 2. The lowest BCUT2D eigenvalue weighted by Crippen LogP contribution is -2.29. The SMILES string of the molecule is Cc1cccc(-c2ccc(NS(=O)(=O)c3cc4[nH]c(=O)c(=O)[nH]c4cc3C)cc2)c1. The Bertz CT molecular complexity index is 1480. The van der Waals surface area contributed by atoms with Crippen LogP contribution in [0.25, 0.3) is 22.2 Å². The largest absolute Gasteiger partial charge is 0.316 e. The van der Waals surface area contributed by atoms with Gasteiger partial charge in [-0.15, -0.1) is 0 Å². The standard InChI is InChI=1S/C22H19N3O4S/c1-13-4-3-5-16(10-13)15-6-8-17(9-7-15)25-30(28,29)20-12-19-18(11-14(20)2)23-21(26)22(27)24-19/h3-12,25H,1-2H3,(H,23,26)(H,24,27). The molecule has 0 aliphatic carbocycles. The second-order valence-electron chi connectivity index (χ2n) is 7.12. The first-order chi connectivity index (χ1) is 14.2. The Balaban J connectivity index is 1.67. The normalized spacial score (nSPS) is 11.5. The van der Waals surface area contributed by atoms with E-state index in [4.69, 9.17) is 0 Å². The molecule has 4 rings (SSSR count). The van der Waals surface area contributed by atoms with Crippen LogP contribution < -0.4 is 15.8 Å². The van der Waals surface area contributed by atoms with Crippen molar-refractivity contribution >= 4 is 26.7 Å². The number of rotatable bonds is 4. The molecule has 0 fully saturated rings. The minimum atomic E-state index is -3.91. The maximum atomic E-state index is 12.9. The van der Waals surface area contributed by atoms with E-state index in [0.717, 1.165) is 16.7 Å². The predicted molar refractivity (Wildman–Crippen MR) is 117 cm³/mol. The van der Waals surface area contributed by atoms with Crippen LogP contribution in [0.1, 0.15) is 11.1 Å². The molecular formula is C22H19N3O4S. The number of benzene rings is 3. The first-order valence-corrected chi connectivity index (χ1v) is 10.7. The predicted octanol–water partition coefficient (Wildman–Crippen LogP) is 3.30. The summed E-state index contributed by atoms with van der Waals surface area (Å²) in [6.07, 6.45) is 0. The summed E-state index contributed by atoms with van der Waals surface area (Å²) < 4.78 is 28.4. The van der Waals surface area contributed by atoms with Gasteiger partial charge in [-0.3, -0.25) is 14.3 Å². The highest BCUT2D eigenvalue weighted by Gasteiger charge is 2.18. The second kappa shape index (κ2) is 7.31. The van der Waals surface area contributed by atoms with Crippen molar-refractivity contribution in [3.05, 3.63) is 92.5 Å². The van der Waals surface area contributed by atoms with E-state index < -0.39 is 21.1 Å². The zero-order valence-corrected chi connectivity index (χ0v) is 17.1. The van der Waals surface area contributed by atoms with E-state index in [2.05, 4.69) is 20.8 Å². The number of aryl methyl sites for hydroxylation is 2. The van der Waals surface area contributed by atoms with Crippen molar-refractivity contribution < 1.29 is 8.42 Å². The number of anilines is 1. The third kappa shape index (κ3) is 3.77. The summed E-state index contributed by atoms with van der Waals surface area (Å²) in [6, 6.07) is 18.0. The summed E-state index contributed by atoms with van der Waals surface area (Å²) in [6.45, 7) is 3.64. The molecule has 30 heavy (non-hydrogen) atoms. The number of sulfonamides is 1. The van der Waals surface area contributed by atoms with Crippen LogP contribution in [0.5, 0.6) is 0 Å². The monoisotopic (exact) mass is 421 g/mol. The lowest BCUT2D eigenvalue weighted by molar-refractivity contribution is 0.600. The summed E-state index contributed by atoms with van der Waals surface area (Å²) in [7, 11) is -3.91. The van der Waals surface area contributed by atoms with Crippen molar-refractivity contribution in [1.82, 2.24) is 9.97 Å². The van der Waals surface area contributed by atoms with Gasteiger partial charge in [0, 0.05) is 5.69 Å². The molecule has 3 N–H and O–H groups in total. The number of aromatic nitrogens is 2. The maximum absolute atomic E-state index is 12.9. The Morgan fingerprint density at radius 3 is 2.03 bits per heavy atom. The van der Waals surface area contributed by atoms with Crippen molar-refractivity contribution in [2.75, 3.05) is 4.72 Å². The molecule has 0 unspecified atom stereocenters. The molecule has 0 aliphatic heterocycles. The van der Waals surface area contributed by atoms with Crippen LogP contribution in [0.15, 0.2) is 75.1 Å². The molecule has 0 saturated carbocycles. The van der Waals surface area contributed by atoms with Crippen molar-refractivity contribution in [3.8, 4) is 11.1 Å². The van der Waals surface area contributed by atoms with Gasteiger partial charge < -0.3 is 9.97 Å². The molecule has 0 radical (unpaired) electrons. The summed E-state index contributed by atoms with van der Waals surface area (Å²) in [5.74, 6) is 0. The molecule has 0 amide bonds. The van der Waals surface area contributed by atoms with Gasteiger partial charge in [-0.05, 0) is 54.8 Å². The zero-order valence-electron chi connectivity index (χ0n) is 16.3. The quantitative estimate of drug-likeness (QED) is 0.439. The zero-order chi connectivity index (χ0) is 21.5. The van der Waals surface area contributed by atoms with Crippen LogP contribution in [0.3, 0.4) is 0 Å². The van der Waals surface area contributed by atoms with Crippen LogP contribution in [-0.2, 0) is 10.0 Å². The van der Waals surface area contributed by atoms with E-state index in [1.807, 2.05) is 37.3 Å². The molecule has 0 bridgehead atoms. The molecule has 3 aromatic carbocycles. The number of hydrogen-bond acceptors (Lipinski definition) is 4. The van der Waals surface area contributed by atoms with Gasteiger partial charge in [-0.25, -0.2) is 8.42 Å². The Morgan fingerprint density at radius 2 is 1.40 bits per heavy atom. The van der Waals surface area contributed by atoms with Gasteiger partial charge in [0.15, 0.2) is 0 Å². The molecule has 8 heteroatoms. The van der Waals surface area contributed by atoms with Crippen molar-refractivity contribution in [1.29, 1.82) is 0 Å². The van der Waals surface area contributed by atoms with Crippen LogP contribution in [0, 0.1) is 13.8 Å². The van der Waals surface area contributed by atoms with Crippen LogP contribution in [0.4, 0.5) is 5.69 Å².